The van der Waals surface area contributed by atoms with Crippen LogP contribution in [0.2, 0.25) is 5.02 Å². The van der Waals surface area contributed by atoms with Crippen LogP contribution in [-0.2, 0) is 29.0 Å². The van der Waals surface area contributed by atoms with Crippen molar-refractivity contribution < 1.29 is 23.5 Å². The molecule has 0 saturated heterocycles. The molecule has 0 saturated carbocycles. The van der Waals surface area contributed by atoms with E-state index in [0.29, 0.717) is 24.0 Å². The Labute approximate surface area is 195 Å². The summed E-state index contributed by atoms with van der Waals surface area (Å²) in [5.74, 6) is -0.362. The van der Waals surface area contributed by atoms with Crippen molar-refractivity contribution in [2.24, 2.45) is 0 Å². The van der Waals surface area contributed by atoms with Crippen molar-refractivity contribution in [2.75, 3.05) is 6.54 Å². The second kappa shape index (κ2) is 10.5. The van der Waals surface area contributed by atoms with E-state index in [1.165, 1.54) is 6.07 Å². The molecule has 1 N–H and O–H groups in total. The first kappa shape index (κ1) is 22.9. The minimum atomic E-state index is -0.553. The van der Waals surface area contributed by atoms with Crippen molar-refractivity contribution in [3.63, 3.8) is 0 Å². The number of hydrogen-bond acceptors (Lipinski definition) is 6. The average Bonchev–Trinajstić information content (AvgIpc) is 2.82. The highest BCUT2D eigenvalue weighted by Gasteiger charge is 2.20. The van der Waals surface area contributed by atoms with E-state index in [-0.39, 0.29) is 36.0 Å². The predicted molar refractivity (Wildman–Crippen MR) is 124 cm³/mol. The molecule has 1 heterocycles. The third-order valence-corrected chi connectivity index (χ3v) is 5.84. The van der Waals surface area contributed by atoms with Gasteiger partial charge in [-0.1, -0.05) is 41.9 Å². The zero-order valence-corrected chi connectivity index (χ0v) is 18.8. The number of aryl methyl sites for hydroxylation is 1. The zero-order valence-electron chi connectivity index (χ0n) is 18.0. The normalized spacial score (nSPS) is 12.8. The minimum Gasteiger partial charge on any atom is -0.445 e. The Hall–Kier alpha value is -3.32. The van der Waals surface area contributed by atoms with Gasteiger partial charge in [0.05, 0.1) is 5.02 Å². The predicted octanol–water partition coefficient (Wildman–Crippen LogP) is 4.94. The van der Waals surface area contributed by atoms with Gasteiger partial charge in [0.1, 0.15) is 12.2 Å². The van der Waals surface area contributed by atoms with Crippen LogP contribution in [0.5, 0.6) is 5.75 Å². The summed E-state index contributed by atoms with van der Waals surface area (Å²) in [5, 5.41) is 3.66. The molecule has 4 rings (SSSR count). The molecule has 3 aromatic rings. The number of benzene rings is 2. The van der Waals surface area contributed by atoms with Crippen LogP contribution in [0.15, 0.2) is 51.7 Å². The van der Waals surface area contributed by atoms with Gasteiger partial charge in [-0.3, -0.25) is 4.79 Å². The van der Waals surface area contributed by atoms with Gasteiger partial charge in [-0.2, -0.15) is 0 Å². The number of ether oxygens (including phenoxy) is 2. The molecule has 7 nitrogen and oxygen atoms in total. The van der Waals surface area contributed by atoms with E-state index in [2.05, 4.69) is 5.32 Å². The summed E-state index contributed by atoms with van der Waals surface area (Å²) in [6.07, 6.45) is 3.36. The first-order chi connectivity index (χ1) is 16.0. The lowest BCUT2D eigenvalue weighted by Crippen LogP contribution is -2.26. The highest BCUT2D eigenvalue weighted by atomic mass is 35.5. The highest BCUT2D eigenvalue weighted by Crippen LogP contribution is 2.34. The molecule has 0 spiro atoms. The Morgan fingerprint density at radius 3 is 2.61 bits per heavy atom. The largest absolute Gasteiger partial charge is 0.445 e. The Kier molecular flexibility index (Phi) is 7.29. The van der Waals surface area contributed by atoms with E-state index in [4.69, 9.17) is 25.5 Å². The maximum absolute atomic E-state index is 12.3. The molecule has 0 bridgehead atoms. The molecule has 0 fully saturated rings. The average molecular weight is 470 g/mol. The number of amides is 1. The van der Waals surface area contributed by atoms with Gasteiger partial charge in [-0.05, 0) is 49.3 Å². The number of fused-ring (bicyclic) bond motifs is 3. The molecule has 1 aliphatic rings. The number of halogens is 1. The van der Waals surface area contributed by atoms with Crippen molar-refractivity contribution in [1.82, 2.24) is 5.32 Å². The van der Waals surface area contributed by atoms with Crippen LogP contribution in [0.3, 0.4) is 0 Å². The second-order valence-electron chi connectivity index (χ2n) is 7.90. The van der Waals surface area contributed by atoms with Crippen LogP contribution in [0.1, 0.15) is 42.4 Å². The molecule has 0 atom stereocenters. The molecule has 2 aromatic carbocycles. The molecular weight excluding hydrogens is 446 g/mol. The fraction of sp³-hybridized carbons (Fsp3) is 0.320. The maximum atomic E-state index is 12.3. The van der Waals surface area contributed by atoms with Crippen molar-refractivity contribution in [1.29, 1.82) is 0 Å². The minimum absolute atomic E-state index is 0.0709. The third-order valence-electron chi connectivity index (χ3n) is 5.54. The van der Waals surface area contributed by atoms with Gasteiger partial charge in [0.15, 0.2) is 5.75 Å². The molecule has 8 heteroatoms. The molecule has 0 unspecified atom stereocenters. The molecule has 33 heavy (non-hydrogen) atoms. The number of carbonyl (C=O) groups is 2. The molecular formula is C25H24ClNO6. The molecule has 0 radical (unpaired) electrons. The Bertz CT molecular complexity index is 1220. The summed E-state index contributed by atoms with van der Waals surface area (Å²) in [5.41, 5.74) is 2.58. The van der Waals surface area contributed by atoms with Gasteiger partial charge < -0.3 is 19.2 Å². The number of hydrogen-bond donors (Lipinski definition) is 1. The van der Waals surface area contributed by atoms with Gasteiger partial charge in [-0.15, -0.1) is 0 Å². The summed E-state index contributed by atoms with van der Waals surface area (Å²) < 4.78 is 15.9. The fourth-order valence-electron chi connectivity index (χ4n) is 3.89. The quantitative estimate of drug-likeness (QED) is 0.228. The summed E-state index contributed by atoms with van der Waals surface area (Å²) in [7, 11) is 0. The van der Waals surface area contributed by atoms with Crippen LogP contribution < -0.4 is 15.7 Å². The Balaban J connectivity index is 1.28. The first-order valence-electron chi connectivity index (χ1n) is 10.9. The maximum Gasteiger partial charge on any atom is 0.407 e. The van der Waals surface area contributed by atoms with Gasteiger partial charge in [0, 0.05) is 30.0 Å². The Morgan fingerprint density at radius 1 is 1.06 bits per heavy atom. The summed E-state index contributed by atoms with van der Waals surface area (Å²) >= 11 is 6.35. The Morgan fingerprint density at radius 2 is 1.82 bits per heavy atom. The fourth-order valence-corrected chi connectivity index (χ4v) is 4.10. The van der Waals surface area contributed by atoms with Crippen molar-refractivity contribution >= 4 is 34.6 Å². The molecule has 172 valence electrons. The zero-order chi connectivity index (χ0) is 23.2. The number of alkyl carbamates (subject to hydrolysis) is 1. The summed E-state index contributed by atoms with van der Waals surface area (Å²) in [6, 6.07) is 12.5. The summed E-state index contributed by atoms with van der Waals surface area (Å²) in [6.45, 7) is 0.434. The second-order valence-corrected chi connectivity index (χ2v) is 8.31. The SMILES string of the molecule is O=C(CCCNC(=O)OCc1ccccc1)Oc1cc2oc(=O)c3c(c2cc1Cl)CCCC3. The smallest absolute Gasteiger partial charge is 0.407 e. The number of carbonyl (C=O) groups excluding carboxylic acids is 2. The van der Waals surface area contributed by atoms with Crippen molar-refractivity contribution in [2.45, 2.75) is 45.1 Å². The lowest BCUT2D eigenvalue weighted by Gasteiger charge is -2.16. The van der Waals surface area contributed by atoms with Crippen LogP contribution >= 0.6 is 11.6 Å². The number of esters is 1. The topological polar surface area (TPSA) is 94.8 Å². The van der Waals surface area contributed by atoms with E-state index in [1.807, 2.05) is 30.3 Å². The standard InChI is InChI=1S/C25H24ClNO6/c26-20-13-19-17-9-4-5-10-18(17)24(29)33-21(19)14-22(20)32-23(28)11-6-12-27-25(30)31-15-16-7-2-1-3-8-16/h1-3,7-8,13-14H,4-6,9-12,15H2,(H,27,30). The van der Waals surface area contributed by atoms with Gasteiger partial charge in [0.2, 0.25) is 0 Å². The van der Waals surface area contributed by atoms with Crippen LogP contribution in [0, 0.1) is 0 Å². The molecule has 1 aromatic heterocycles. The van der Waals surface area contributed by atoms with E-state index < -0.39 is 12.1 Å². The van der Waals surface area contributed by atoms with Gasteiger partial charge >= 0.3 is 17.7 Å². The first-order valence-corrected chi connectivity index (χ1v) is 11.3. The highest BCUT2D eigenvalue weighted by molar-refractivity contribution is 6.33. The van der Waals surface area contributed by atoms with Crippen molar-refractivity contribution in [3.05, 3.63) is 74.6 Å². The monoisotopic (exact) mass is 469 g/mol. The van der Waals surface area contributed by atoms with Crippen molar-refractivity contribution in [3.8, 4) is 5.75 Å². The van der Waals surface area contributed by atoms with E-state index in [0.717, 1.165) is 35.8 Å². The van der Waals surface area contributed by atoms with Crippen LogP contribution in [-0.4, -0.2) is 18.6 Å². The number of rotatable bonds is 7. The summed E-state index contributed by atoms with van der Waals surface area (Å²) in [4.78, 5) is 36.3. The third kappa shape index (κ3) is 5.73. The van der Waals surface area contributed by atoms with E-state index in [9.17, 15) is 14.4 Å². The molecule has 1 aliphatic carbocycles. The van der Waals surface area contributed by atoms with Gasteiger partial charge in [0.25, 0.3) is 0 Å². The molecule has 1 amide bonds. The van der Waals surface area contributed by atoms with E-state index >= 15 is 0 Å². The molecule has 0 aliphatic heterocycles. The lowest BCUT2D eigenvalue weighted by atomic mass is 9.91. The lowest BCUT2D eigenvalue weighted by molar-refractivity contribution is -0.134. The van der Waals surface area contributed by atoms with Crippen LogP contribution in [0.4, 0.5) is 4.79 Å². The van der Waals surface area contributed by atoms with Crippen LogP contribution in [0.25, 0.3) is 11.0 Å². The number of nitrogens with one attached hydrogen (secondary N) is 1. The van der Waals surface area contributed by atoms with E-state index in [1.54, 1.807) is 6.07 Å². The van der Waals surface area contributed by atoms with Gasteiger partial charge in [-0.25, -0.2) is 9.59 Å².